The predicted molar refractivity (Wildman–Crippen MR) is 190 cm³/mol. The van der Waals surface area contributed by atoms with Crippen LogP contribution in [-0.2, 0) is 14.2 Å². The Labute approximate surface area is 271 Å². The van der Waals surface area contributed by atoms with Crippen molar-refractivity contribution in [2.75, 3.05) is 23.1 Å². The number of halogens is 2. The van der Waals surface area contributed by atoms with E-state index >= 15 is 0 Å². The Morgan fingerprint density at radius 1 is 0.410 bits per heavy atom. The molecule has 0 rings (SSSR count). The predicted octanol–water partition coefficient (Wildman–Crippen LogP) is 12.3. The van der Waals surface area contributed by atoms with Gasteiger partial charge >= 0.3 is 0 Å². The molecule has 0 aliphatic carbocycles. The van der Waals surface area contributed by atoms with Crippen LogP contribution in [0.3, 0.4) is 0 Å². The fourth-order valence-corrected chi connectivity index (χ4v) is 5.86. The van der Waals surface area contributed by atoms with E-state index in [0.29, 0.717) is 0 Å². The molecule has 0 amide bonds. The minimum atomic E-state index is -0.202. The third-order valence-electron chi connectivity index (χ3n) is 7.31. The van der Waals surface area contributed by atoms with E-state index < -0.39 is 0 Å². The first-order chi connectivity index (χ1) is 19.3. The fourth-order valence-electron chi connectivity index (χ4n) is 4.78. The van der Waals surface area contributed by atoms with Gasteiger partial charge in [0.25, 0.3) is 0 Å². The fraction of sp³-hybridized carbons (Fsp3) is 0.882. The second-order valence-corrected chi connectivity index (χ2v) is 13.0. The molecule has 0 bridgehead atoms. The van der Waals surface area contributed by atoms with Crippen molar-refractivity contribution in [3.8, 4) is 0 Å². The van der Waals surface area contributed by atoms with E-state index in [2.05, 4.69) is 69.5 Å². The molecule has 0 aliphatic heterocycles. The largest absolute Gasteiger partial charge is 0.356 e. The van der Waals surface area contributed by atoms with Crippen molar-refractivity contribution < 1.29 is 14.2 Å². The van der Waals surface area contributed by atoms with Gasteiger partial charge in [0, 0.05) is 27.1 Å². The van der Waals surface area contributed by atoms with E-state index in [-0.39, 0.29) is 12.6 Å². The number of hydrogen-bond acceptors (Lipinski definition) is 3. The lowest BCUT2D eigenvalue weighted by atomic mass is 10.1. The summed E-state index contributed by atoms with van der Waals surface area (Å²) in [4.78, 5) is 0. The molecule has 2 atom stereocenters. The molecule has 232 valence electrons. The van der Waals surface area contributed by atoms with Crippen molar-refractivity contribution in [2.24, 2.45) is 0 Å². The van der Waals surface area contributed by atoms with Gasteiger partial charge in [0.15, 0.2) is 12.6 Å². The molecule has 0 spiro atoms. The topological polar surface area (TPSA) is 27.7 Å². The minimum absolute atomic E-state index is 0.202. The first-order valence-electron chi connectivity index (χ1n) is 16.4. The number of methoxy groups -OCH3 is 2. The highest BCUT2D eigenvalue weighted by Crippen LogP contribution is 2.15. The molecule has 0 radical (unpaired) electrons. The Morgan fingerprint density at radius 3 is 1.00 bits per heavy atom. The molecule has 3 nitrogen and oxygen atoms in total. The van der Waals surface area contributed by atoms with Crippen LogP contribution < -0.4 is 0 Å². The van der Waals surface area contributed by atoms with Crippen LogP contribution in [0, 0.1) is 0 Å². The zero-order valence-electron chi connectivity index (χ0n) is 25.8. The van der Waals surface area contributed by atoms with Crippen molar-refractivity contribution in [1.82, 2.24) is 0 Å². The lowest BCUT2D eigenvalue weighted by molar-refractivity contribution is -0.232. The smallest absolute Gasteiger partial charge is 0.160 e. The van der Waals surface area contributed by atoms with Crippen molar-refractivity contribution in [3.63, 3.8) is 0 Å². The zero-order valence-corrected chi connectivity index (χ0v) is 30.1. The highest BCUT2D eigenvalue weighted by atomic mass is 127. The first kappa shape index (κ1) is 39.8. The molecule has 0 aromatic heterocycles. The second kappa shape index (κ2) is 35.0. The van der Waals surface area contributed by atoms with Crippen LogP contribution in [0.25, 0.3) is 0 Å². The summed E-state index contributed by atoms with van der Waals surface area (Å²) in [6.07, 6.45) is 40.2. The maximum absolute atomic E-state index is 6.06. The molecule has 0 aliphatic rings. The Morgan fingerprint density at radius 2 is 0.692 bits per heavy atom. The van der Waals surface area contributed by atoms with Gasteiger partial charge in [0.05, 0.1) is 0 Å². The number of allylic oxidation sites excluding steroid dienone is 4. The second-order valence-electron chi connectivity index (χ2n) is 10.9. The minimum Gasteiger partial charge on any atom is -0.356 e. The van der Waals surface area contributed by atoms with E-state index in [1.165, 1.54) is 137 Å². The van der Waals surface area contributed by atoms with Crippen molar-refractivity contribution in [2.45, 2.75) is 167 Å². The van der Waals surface area contributed by atoms with Gasteiger partial charge < -0.3 is 14.2 Å². The summed E-state index contributed by atoms with van der Waals surface area (Å²) in [5.74, 6) is 0. The van der Waals surface area contributed by atoms with Gasteiger partial charge in [-0.25, -0.2) is 0 Å². The van der Waals surface area contributed by atoms with Crippen LogP contribution in [0.2, 0.25) is 0 Å². The molecule has 0 heterocycles. The Bertz CT molecular complexity index is 469. The van der Waals surface area contributed by atoms with Gasteiger partial charge in [-0.15, -0.1) is 0 Å². The van der Waals surface area contributed by atoms with E-state index in [1.807, 2.05) is 0 Å². The van der Waals surface area contributed by atoms with E-state index in [0.717, 1.165) is 25.7 Å². The van der Waals surface area contributed by atoms with Crippen LogP contribution in [0.15, 0.2) is 24.3 Å². The standard InChI is InChI=1S/C34H64I2O3/c1-37-33(29-25-21-17-13-9-5-3-7-11-15-19-23-27-31-35)39-34(38-2)30-26-22-18-14-10-6-4-8-12-16-20-24-28-32-36/h17-18,21-22,33-34H,3-16,19-20,23-32H2,1-2H3. The maximum Gasteiger partial charge on any atom is 0.160 e. The summed E-state index contributed by atoms with van der Waals surface area (Å²) in [5.41, 5.74) is 0. The molecular formula is C34H64I2O3. The van der Waals surface area contributed by atoms with Crippen LogP contribution in [0.4, 0.5) is 0 Å². The van der Waals surface area contributed by atoms with E-state index in [4.69, 9.17) is 14.2 Å². The SMILES string of the molecule is COC(CCC=CCCCCCCCCCCCI)OC(CCC=CCCCCCCCCCCCI)OC. The van der Waals surface area contributed by atoms with Gasteiger partial charge in [-0.3, -0.25) is 0 Å². The maximum atomic E-state index is 6.06. The zero-order chi connectivity index (χ0) is 28.5. The molecule has 5 heteroatoms. The lowest BCUT2D eigenvalue weighted by Crippen LogP contribution is -2.25. The molecule has 0 saturated carbocycles. The van der Waals surface area contributed by atoms with Crippen LogP contribution in [-0.4, -0.2) is 35.7 Å². The number of rotatable bonds is 32. The van der Waals surface area contributed by atoms with Crippen LogP contribution in [0.1, 0.15) is 154 Å². The molecule has 39 heavy (non-hydrogen) atoms. The van der Waals surface area contributed by atoms with E-state index in [9.17, 15) is 0 Å². The van der Waals surface area contributed by atoms with Crippen molar-refractivity contribution in [1.29, 1.82) is 0 Å². The van der Waals surface area contributed by atoms with Gasteiger partial charge in [0.2, 0.25) is 0 Å². The van der Waals surface area contributed by atoms with Gasteiger partial charge in [-0.05, 0) is 60.2 Å². The van der Waals surface area contributed by atoms with Gasteiger partial charge in [-0.1, -0.05) is 159 Å². The third-order valence-corrected chi connectivity index (χ3v) is 8.84. The Balaban J connectivity index is 3.66. The average Bonchev–Trinajstić information content (AvgIpc) is 2.95. The number of alkyl halides is 2. The molecule has 0 saturated heterocycles. The summed E-state index contributed by atoms with van der Waals surface area (Å²) in [6, 6.07) is 0. The Hall–Kier alpha value is 0.820. The molecule has 0 fully saturated rings. The third kappa shape index (κ3) is 31.6. The van der Waals surface area contributed by atoms with Gasteiger partial charge in [-0.2, -0.15) is 0 Å². The highest BCUT2D eigenvalue weighted by molar-refractivity contribution is 14.1. The lowest BCUT2D eigenvalue weighted by Gasteiger charge is -2.22. The average molecular weight is 775 g/mol. The summed E-state index contributed by atoms with van der Waals surface area (Å²) >= 11 is 4.96. The Kier molecular flexibility index (Phi) is 35.8. The first-order valence-corrected chi connectivity index (χ1v) is 19.5. The molecule has 0 aromatic carbocycles. The van der Waals surface area contributed by atoms with Crippen LogP contribution >= 0.6 is 45.2 Å². The summed E-state index contributed by atoms with van der Waals surface area (Å²) in [6.45, 7) is 0. The monoisotopic (exact) mass is 774 g/mol. The summed E-state index contributed by atoms with van der Waals surface area (Å²) in [7, 11) is 3.47. The molecule has 0 aromatic rings. The van der Waals surface area contributed by atoms with Crippen molar-refractivity contribution in [3.05, 3.63) is 24.3 Å². The number of hydrogen-bond donors (Lipinski definition) is 0. The van der Waals surface area contributed by atoms with E-state index in [1.54, 1.807) is 14.2 Å². The quantitative estimate of drug-likeness (QED) is 0.0224. The van der Waals surface area contributed by atoms with Crippen LogP contribution in [0.5, 0.6) is 0 Å². The van der Waals surface area contributed by atoms with Crippen molar-refractivity contribution >= 4 is 45.2 Å². The normalized spacial score (nSPS) is 13.6. The number of ether oxygens (including phenoxy) is 3. The summed E-state index contributed by atoms with van der Waals surface area (Å²) in [5, 5.41) is 0. The molecular weight excluding hydrogens is 710 g/mol. The number of unbranched alkanes of at least 4 members (excludes halogenated alkanes) is 18. The highest BCUT2D eigenvalue weighted by Gasteiger charge is 2.14. The molecule has 0 N–H and O–H groups in total. The summed E-state index contributed by atoms with van der Waals surface area (Å²) < 4.78 is 19.8. The van der Waals surface area contributed by atoms with Gasteiger partial charge in [0.1, 0.15) is 0 Å². The molecule has 2 unspecified atom stereocenters.